The number of hydrogen-bond donors (Lipinski definition) is 2. The van der Waals surface area contributed by atoms with Crippen LogP contribution in [0, 0.1) is 0 Å². The van der Waals surface area contributed by atoms with E-state index in [0.29, 0.717) is 19.2 Å². The van der Waals surface area contributed by atoms with Gasteiger partial charge in [0.05, 0.1) is 11.9 Å². The first-order valence-electron chi connectivity index (χ1n) is 6.48. The van der Waals surface area contributed by atoms with Gasteiger partial charge in [-0.05, 0) is 38.6 Å². The van der Waals surface area contributed by atoms with E-state index in [-0.39, 0.29) is 11.9 Å². The van der Waals surface area contributed by atoms with Crippen LogP contribution in [0.1, 0.15) is 32.1 Å². The van der Waals surface area contributed by atoms with Crippen molar-refractivity contribution in [3.8, 4) is 0 Å². The molecular formula is C11H22N2O3S. The fourth-order valence-electron chi connectivity index (χ4n) is 1.99. The van der Waals surface area contributed by atoms with Crippen molar-refractivity contribution >= 4 is 10.0 Å². The van der Waals surface area contributed by atoms with Crippen LogP contribution in [0.4, 0.5) is 0 Å². The summed E-state index contributed by atoms with van der Waals surface area (Å²) in [6.45, 7) is 2.12. The Balaban J connectivity index is 1.55. The van der Waals surface area contributed by atoms with Gasteiger partial charge in [-0.25, -0.2) is 13.1 Å². The number of nitrogens with one attached hydrogen (secondary N) is 2. The van der Waals surface area contributed by atoms with Crippen molar-refractivity contribution in [2.75, 3.05) is 25.4 Å². The molecule has 5 nitrogen and oxygen atoms in total. The first kappa shape index (κ1) is 13.3. The van der Waals surface area contributed by atoms with E-state index in [1.54, 1.807) is 0 Å². The zero-order valence-corrected chi connectivity index (χ0v) is 11.0. The van der Waals surface area contributed by atoms with Crippen molar-refractivity contribution in [1.29, 1.82) is 0 Å². The molecule has 100 valence electrons. The standard InChI is InChI=1S/C11H22N2O3S/c14-17(15,9-11-3-1-8-16-11)13-7-2-6-12-10-4-5-10/h10-13H,1-9H2. The quantitative estimate of drug-likeness (QED) is 0.614. The van der Waals surface area contributed by atoms with Gasteiger partial charge in [-0.15, -0.1) is 0 Å². The van der Waals surface area contributed by atoms with Crippen molar-refractivity contribution in [2.45, 2.75) is 44.2 Å². The Morgan fingerprint density at radius 3 is 2.65 bits per heavy atom. The molecule has 2 fully saturated rings. The van der Waals surface area contributed by atoms with Crippen LogP contribution in [0.3, 0.4) is 0 Å². The highest BCUT2D eigenvalue weighted by atomic mass is 32.2. The zero-order chi connectivity index (χ0) is 12.1. The molecule has 0 aromatic carbocycles. The molecule has 1 unspecified atom stereocenters. The summed E-state index contributed by atoms with van der Waals surface area (Å²) in [4.78, 5) is 0. The fourth-order valence-corrected chi connectivity index (χ4v) is 3.31. The molecule has 0 radical (unpaired) electrons. The smallest absolute Gasteiger partial charge is 0.214 e. The summed E-state index contributed by atoms with van der Waals surface area (Å²) in [5.74, 6) is 0.114. The minimum Gasteiger partial charge on any atom is -0.377 e. The molecule has 17 heavy (non-hydrogen) atoms. The number of sulfonamides is 1. The Bertz CT molecular complexity index is 322. The second-order valence-electron chi connectivity index (χ2n) is 4.89. The van der Waals surface area contributed by atoms with Gasteiger partial charge in [0.2, 0.25) is 10.0 Å². The van der Waals surface area contributed by atoms with E-state index in [1.165, 1.54) is 12.8 Å². The Kier molecular flexibility index (Phi) is 4.78. The summed E-state index contributed by atoms with van der Waals surface area (Å²) in [6, 6.07) is 0.693. The van der Waals surface area contributed by atoms with Crippen LogP contribution in [0.15, 0.2) is 0 Å². The zero-order valence-electron chi connectivity index (χ0n) is 10.2. The van der Waals surface area contributed by atoms with E-state index in [2.05, 4.69) is 10.0 Å². The van der Waals surface area contributed by atoms with E-state index in [4.69, 9.17) is 4.74 Å². The molecular weight excluding hydrogens is 240 g/mol. The summed E-state index contributed by atoms with van der Waals surface area (Å²) in [7, 11) is -3.15. The van der Waals surface area contributed by atoms with E-state index in [9.17, 15) is 8.42 Å². The molecule has 1 heterocycles. The van der Waals surface area contributed by atoms with Gasteiger partial charge in [0.1, 0.15) is 0 Å². The number of hydrogen-bond acceptors (Lipinski definition) is 4. The molecule has 0 aromatic rings. The number of ether oxygens (including phenoxy) is 1. The van der Waals surface area contributed by atoms with Crippen molar-refractivity contribution in [3.05, 3.63) is 0 Å². The fraction of sp³-hybridized carbons (Fsp3) is 1.00. The lowest BCUT2D eigenvalue weighted by molar-refractivity contribution is 0.127. The van der Waals surface area contributed by atoms with E-state index >= 15 is 0 Å². The Labute approximate surface area is 103 Å². The van der Waals surface area contributed by atoms with Crippen molar-refractivity contribution in [1.82, 2.24) is 10.0 Å². The molecule has 6 heteroatoms. The van der Waals surface area contributed by atoms with Gasteiger partial charge in [-0.3, -0.25) is 0 Å². The van der Waals surface area contributed by atoms with Gasteiger partial charge in [-0.2, -0.15) is 0 Å². The van der Waals surface area contributed by atoms with Crippen LogP contribution < -0.4 is 10.0 Å². The molecule has 1 atom stereocenters. The Morgan fingerprint density at radius 1 is 1.18 bits per heavy atom. The van der Waals surface area contributed by atoms with Crippen molar-refractivity contribution in [2.24, 2.45) is 0 Å². The normalized spacial score (nSPS) is 25.3. The Morgan fingerprint density at radius 2 is 2.00 bits per heavy atom. The highest BCUT2D eigenvalue weighted by Crippen LogP contribution is 2.18. The summed E-state index contributed by atoms with van der Waals surface area (Å²) in [5.41, 5.74) is 0. The van der Waals surface area contributed by atoms with Crippen molar-refractivity contribution < 1.29 is 13.2 Å². The van der Waals surface area contributed by atoms with Gasteiger partial charge in [0.25, 0.3) is 0 Å². The number of rotatable bonds is 8. The van der Waals surface area contributed by atoms with Gasteiger partial charge in [0, 0.05) is 19.2 Å². The van der Waals surface area contributed by atoms with Crippen LogP contribution in [-0.2, 0) is 14.8 Å². The predicted molar refractivity (Wildman–Crippen MR) is 66.4 cm³/mol. The molecule has 1 aliphatic heterocycles. The molecule has 2 aliphatic rings. The summed E-state index contributed by atoms with van der Waals surface area (Å²) in [5, 5.41) is 3.36. The molecule has 2 N–H and O–H groups in total. The summed E-state index contributed by atoms with van der Waals surface area (Å²) >= 11 is 0. The van der Waals surface area contributed by atoms with Crippen LogP contribution in [0.5, 0.6) is 0 Å². The van der Waals surface area contributed by atoms with Crippen LogP contribution in [-0.4, -0.2) is 46.0 Å². The first-order valence-corrected chi connectivity index (χ1v) is 8.13. The van der Waals surface area contributed by atoms with Gasteiger partial charge in [-0.1, -0.05) is 0 Å². The molecule has 0 spiro atoms. The van der Waals surface area contributed by atoms with Crippen LogP contribution in [0.2, 0.25) is 0 Å². The van der Waals surface area contributed by atoms with E-state index < -0.39 is 10.0 Å². The average molecular weight is 262 g/mol. The summed E-state index contributed by atoms with van der Waals surface area (Å²) in [6.07, 6.45) is 5.13. The average Bonchev–Trinajstić information content (AvgIpc) is 2.95. The maximum atomic E-state index is 11.7. The molecule has 1 saturated carbocycles. The van der Waals surface area contributed by atoms with Crippen molar-refractivity contribution in [3.63, 3.8) is 0 Å². The monoisotopic (exact) mass is 262 g/mol. The molecule has 2 rings (SSSR count). The first-order chi connectivity index (χ1) is 8.16. The second kappa shape index (κ2) is 6.13. The maximum Gasteiger partial charge on any atom is 0.214 e. The molecule has 0 bridgehead atoms. The SMILES string of the molecule is O=S(=O)(CC1CCCO1)NCCCNC1CC1. The Hall–Kier alpha value is -0.170. The van der Waals surface area contributed by atoms with Gasteiger partial charge >= 0.3 is 0 Å². The van der Waals surface area contributed by atoms with Gasteiger partial charge in [0.15, 0.2) is 0 Å². The third kappa shape index (κ3) is 5.33. The molecule has 0 amide bonds. The maximum absolute atomic E-state index is 11.7. The lowest BCUT2D eigenvalue weighted by atomic mass is 10.3. The van der Waals surface area contributed by atoms with Gasteiger partial charge < -0.3 is 10.1 Å². The lowest BCUT2D eigenvalue weighted by Gasteiger charge is -2.11. The minimum absolute atomic E-state index is 0.0999. The van der Waals surface area contributed by atoms with E-state index in [0.717, 1.165) is 25.8 Å². The molecule has 1 aliphatic carbocycles. The van der Waals surface area contributed by atoms with Crippen LogP contribution >= 0.6 is 0 Å². The van der Waals surface area contributed by atoms with Crippen LogP contribution in [0.25, 0.3) is 0 Å². The van der Waals surface area contributed by atoms with E-state index in [1.807, 2.05) is 0 Å². The largest absolute Gasteiger partial charge is 0.377 e. The highest BCUT2D eigenvalue weighted by molar-refractivity contribution is 7.89. The highest BCUT2D eigenvalue weighted by Gasteiger charge is 2.23. The third-order valence-electron chi connectivity index (χ3n) is 3.12. The second-order valence-corrected chi connectivity index (χ2v) is 6.74. The summed E-state index contributed by atoms with van der Waals surface area (Å²) < 4.78 is 31.3. The third-order valence-corrected chi connectivity index (χ3v) is 4.57. The lowest BCUT2D eigenvalue weighted by Crippen LogP contribution is -2.33. The predicted octanol–water partition coefficient (Wildman–Crippen LogP) is 0.227. The topological polar surface area (TPSA) is 67.4 Å². The molecule has 0 aromatic heterocycles. The molecule has 1 saturated heterocycles. The minimum atomic E-state index is -3.15.